The maximum absolute atomic E-state index is 14.0. The molecule has 0 aliphatic rings. The van der Waals surface area contributed by atoms with Gasteiger partial charge in [0, 0.05) is 18.1 Å². The van der Waals surface area contributed by atoms with E-state index in [1.54, 1.807) is 63.4 Å². The van der Waals surface area contributed by atoms with Gasteiger partial charge >= 0.3 is 0 Å². The van der Waals surface area contributed by atoms with Crippen LogP contribution in [0.1, 0.15) is 25.0 Å². The largest absolute Gasteiger partial charge is 0.497 e. The number of anilines is 1. The molecule has 3 rings (SSSR count). The Hall–Kier alpha value is -3.76. The molecule has 0 saturated heterocycles. The number of halogens is 1. The molecule has 3 aromatic carbocycles. The van der Waals surface area contributed by atoms with Crippen molar-refractivity contribution in [3.8, 4) is 11.5 Å². The summed E-state index contributed by atoms with van der Waals surface area (Å²) in [5, 5.41) is 3.00. The van der Waals surface area contributed by atoms with E-state index in [4.69, 9.17) is 21.1 Å². The Morgan fingerprint density at radius 2 is 1.62 bits per heavy atom. The summed E-state index contributed by atoms with van der Waals surface area (Å²) in [5.41, 5.74) is 1.71. The fourth-order valence-corrected chi connectivity index (χ4v) is 5.62. The molecular weight excluding hydrogens is 554 g/mol. The molecule has 3 aromatic rings. The Morgan fingerprint density at radius 3 is 2.20 bits per heavy atom. The van der Waals surface area contributed by atoms with E-state index in [0.29, 0.717) is 12.3 Å². The molecule has 1 N–H and O–H groups in total. The predicted molar refractivity (Wildman–Crippen MR) is 155 cm³/mol. The lowest BCUT2D eigenvalue weighted by Gasteiger charge is -2.32. The minimum absolute atomic E-state index is 0.00796. The lowest BCUT2D eigenvalue weighted by molar-refractivity contribution is -0.139. The Balaban J connectivity index is 2.09. The van der Waals surface area contributed by atoms with Crippen LogP contribution in [0.5, 0.6) is 11.5 Å². The van der Waals surface area contributed by atoms with E-state index in [-0.39, 0.29) is 33.8 Å². The van der Waals surface area contributed by atoms with Crippen LogP contribution in [0.3, 0.4) is 0 Å². The number of nitrogens with one attached hydrogen (secondary N) is 1. The first kappa shape index (κ1) is 30.8. The second kappa shape index (κ2) is 13.5. The Morgan fingerprint density at radius 1 is 0.975 bits per heavy atom. The van der Waals surface area contributed by atoms with Gasteiger partial charge in [0.25, 0.3) is 10.0 Å². The number of rotatable bonds is 12. The molecule has 0 aliphatic carbocycles. The minimum atomic E-state index is -4.26. The summed E-state index contributed by atoms with van der Waals surface area (Å²) in [6.07, 6.45) is 0. The Bertz CT molecular complexity index is 1430. The Kier molecular flexibility index (Phi) is 10.4. The molecule has 2 amide bonds. The van der Waals surface area contributed by atoms with Crippen LogP contribution in [-0.2, 0) is 26.2 Å². The molecule has 0 heterocycles. The number of ether oxygens (including phenoxy) is 2. The molecule has 214 valence electrons. The van der Waals surface area contributed by atoms with Gasteiger partial charge < -0.3 is 19.7 Å². The van der Waals surface area contributed by atoms with Crippen molar-refractivity contribution in [2.24, 2.45) is 0 Å². The number of hydrogen-bond donors (Lipinski definition) is 1. The van der Waals surface area contributed by atoms with Crippen molar-refractivity contribution in [2.45, 2.75) is 38.3 Å². The first-order valence-corrected chi connectivity index (χ1v) is 14.5. The third-order valence-electron chi connectivity index (χ3n) is 6.33. The molecule has 1 atom stereocenters. The van der Waals surface area contributed by atoms with Gasteiger partial charge in [-0.3, -0.25) is 13.9 Å². The van der Waals surface area contributed by atoms with Gasteiger partial charge in [0.1, 0.15) is 24.1 Å². The predicted octanol–water partition coefficient (Wildman–Crippen LogP) is 4.41. The number of methoxy groups -OCH3 is 2. The van der Waals surface area contributed by atoms with E-state index in [1.165, 1.54) is 36.3 Å². The van der Waals surface area contributed by atoms with Gasteiger partial charge in [-0.1, -0.05) is 41.4 Å². The monoisotopic (exact) mass is 587 g/mol. The molecule has 40 heavy (non-hydrogen) atoms. The van der Waals surface area contributed by atoms with Gasteiger partial charge in [0.15, 0.2) is 0 Å². The highest BCUT2D eigenvalue weighted by Crippen LogP contribution is 2.35. The van der Waals surface area contributed by atoms with E-state index in [9.17, 15) is 18.0 Å². The fraction of sp³-hybridized carbons (Fsp3) is 0.310. The summed E-state index contributed by atoms with van der Waals surface area (Å²) in [4.78, 5) is 28.1. The molecule has 0 spiro atoms. The summed E-state index contributed by atoms with van der Waals surface area (Å²) < 4.78 is 39.6. The number of carbonyl (C=O) groups is 2. The van der Waals surface area contributed by atoms with Crippen LogP contribution in [0.25, 0.3) is 0 Å². The molecule has 0 unspecified atom stereocenters. The second-order valence-electron chi connectivity index (χ2n) is 9.08. The van der Waals surface area contributed by atoms with E-state index < -0.39 is 28.5 Å². The maximum Gasteiger partial charge on any atom is 0.264 e. The summed E-state index contributed by atoms with van der Waals surface area (Å²) in [7, 11) is -1.30. The molecule has 11 heteroatoms. The third kappa shape index (κ3) is 7.25. The number of nitrogens with zero attached hydrogens (tertiary/aromatic N) is 2. The van der Waals surface area contributed by atoms with Gasteiger partial charge in [0.2, 0.25) is 11.8 Å². The van der Waals surface area contributed by atoms with Crippen molar-refractivity contribution in [3.63, 3.8) is 0 Å². The first-order chi connectivity index (χ1) is 19.0. The van der Waals surface area contributed by atoms with Crippen LogP contribution >= 0.6 is 11.6 Å². The molecule has 0 fully saturated rings. The SMILES string of the molecule is CCNC(=O)[C@H](C)N(Cc1ccc(OC)cc1)C(=O)CN(c1cc(Cl)ccc1OC)S(=O)(=O)c1ccc(C)cc1. The number of carbonyl (C=O) groups excluding carboxylic acids is 2. The zero-order valence-corrected chi connectivity index (χ0v) is 24.8. The number of sulfonamides is 1. The zero-order chi connectivity index (χ0) is 29.4. The van der Waals surface area contributed by atoms with Crippen LogP contribution in [0.4, 0.5) is 5.69 Å². The smallest absolute Gasteiger partial charge is 0.264 e. The quantitative estimate of drug-likeness (QED) is 0.336. The number of benzene rings is 3. The standard InChI is InChI=1S/C29H34ClN3O6S/c1-6-31-29(35)21(3)32(18-22-9-12-24(38-4)13-10-22)28(34)19-33(26-17-23(30)11-16-27(26)39-5)40(36,37)25-14-7-20(2)8-15-25/h7-17,21H,6,18-19H2,1-5H3,(H,31,35)/t21-/m0/s1. The highest BCUT2D eigenvalue weighted by Gasteiger charge is 2.34. The second-order valence-corrected chi connectivity index (χ2v) is 11.4. The van der Waals surface area contributed by atoms with Gasteiger partial charge in [-0.15, -0.1) is 0 Å². The van der Waals surface area contributed by atoms with E-state index >= 15 is 0 Å². The van der Waals surface area contributed by atoms with E-state index in [0.717, 1.165) is 15.4 Å². The lowest BCUT2D eigenvalue weighted by Crippen LogP contribution is -2.51. The maximum atomic E-state index is 14.0. The van der Waals surface area contributed by atoms with Gasteiger partial charge in [-0.25, -0.2) is 8.42 Å². The topological polar surface area (TPSA) is 105 Å². The third-order valence-corrected chi connectivity index (χ3v) is 8.34. The summed E-state index contributed by atoms with van der Waals surface area (Å²) in [6, 6.07) is 17.0. The number of amides is 2. The lowest BCUT2D eigenvalue weighted by atomic mass is 10.1. The zero-order valence-electron chi connectivity index (χ0n) is 23.2. The average molecular weight is 588 g/mol. The number of likely N-dealkylation sites (N-methyl/N-ethyl adjacent to an activating group) is 1. The van der Waals surface area contributed by atoms with Crippen molar-refractivity contribution in [1.29, 1.82) is 0 Å². The summed E-state index contributed by atoms with van der Waals surface area (Å²) >= 11 is 6.26. The van der Waals surface area contributed by atoms with Crippen molar-refractivity contribution in [2.75, 3.05) is 31.6 Å². The van der Waals surface area contributed by atoms with Crippen LogP contribution in [-0.4, -0.2) is 58.5 Å². The van der Waals surface area contributed by atoms with E-state index in [2.05, 4.69) is 5.32 Å². The molecule has 0 bridgehead atoms. The normalized spacial score (nSPS) is 11.8. The van der Waals surface area contributed by atoms with Crippen molar-refractivity contribution in [1.82, 2.24) is 10.2 Å². The number of hydrogen-bond acceptors (Lipinski definition) is 6. The van der Waals surface area contributed by atoms with Gasteiger partial charge in [-0.05, 0) is 68.8 Å². The molecule has 0 radical (unpaired) electrons. The van der Waals surface area contributed by atoms with Crippen LogP contribution in [0, 0.1) is 6.92 Å². The number of aryl methyl sites for hydroxylation is 1. The van der Waals surface area contributed by atoms with Gasteiger partial charge in [0.05, 0.1) is 24.8 Å². The van der Waals surface area contributed by atoms with Gasteiger partial charge in [-0.2, -0.15) is 0 Å². The van der Waals surface area contributed by atoms with Crippen molar-refractivity contribution < 1.29 is 27.5 Å². The Labute approximate surface area is 240 Å². The summed E-state index contributed by atoms with van der Waals surface area (Å²) in [6.45, 7) is 5.06. The van der Waals surface area contributed by atoms with Crippen LogP contribution < -0.4 is 19.1 Å². The van der Waals surface area contributed by atoms with Crippen LogP contribution in [0.15, 0.2) is 71.6 Å². The van der Waals surface area contributed by atoms with E-state index in [1.807, 2.05) is 6.92 Å². The molecular formula is C29H34ClN3O6S. The van der Waals surface area contributed by atoms with Crippen molar-refractivity contribution in [3.05, 3.63) is 82.9 Å². The molecule has 0 aliphatic heterocycles. The minimum Gasteiger partial charge on any atom is -0.497 e. The molecule has 9 nitrogen and oxygen atoms in total. The summed E-state index contributed by atoms with van der Waals surface area (Å²) in [5.74, 6) is -0.0990. The highest BCUT2D eigenvalue weighted by atomic mass is 35.5. The first-order valence-electron chi connectivity index (χ1n) is 12.6. The van der Waals surface area contributed by atoms with Crippen molar-refractivity contribution >= 4 is 39.1 Å². The highest BCUT2D eigenvalue weighted by molar-refractivity contribution is 7.92. The van der Waals surface area contributed by atoms with Crippen LogP contribution in [0.2, 0.25) is 5.02 Å². The molecule has 0 aromatic heterocycles. The molecule has 0 saturated carbocycles. The average Bonchev–Trinajstić information content (AvgIpc) is 2.94. The fourth-order valence-electron chi connectivity index (χ4n) is 4.04.